The fourth-order valence-electron chi connectivity index (χ4n) is 4.11. The van der Waals surface area contributed by atoms with Crippen LogP contribution in [0.4, 0.5) is 0 Å². The van der Waals surface area contributed by atoms with Crippen LogP contribution in [0, 0.1) is 0 Å². The summed E-state index contributed by atoms with van der Waals surface area (Å²) < 4.78 is 11.3. The zero-order valence-electron chi connectivity index (χ0n) is 14.1. The van der Waals surface area contributed by atoms with Crippen molar-refractivity contribution in [3.05, 3.63) is 35.9 Å². The van der Waals surface area contributed by atoms with Gasteiger partial charge in [0.2, 0.25) is 0 Å². The maximum absolute atomic E-state index is 10.0. The number of para-hydroxylation sites is 1. The molecular formula is C19H27NO3. The molecule has 0 radical (unpaired) electrons. The van der Waals surface area contributed by atoms with Crippen LogP contribution in [0.2, 0.25) is 0 Å². The van der Waals surface area contributed by atoms with Crippen molar-refractivity contribution in [2.75, 3.05) is 27.3 Å². The number of hydrogen-bond donors (Lipinski definition) is 1. The predicted molar refractivity (Wildman–Crippen MR) is 91.6 cm³/mol. The minimum Gasteiger partial charge on any atom is -0.496 e. The molecule has 126 valence electrons. The Morgan fingerprint density at radius 3 is 2.91 bits per heavy atom. The summed E-state index contributed by atoms with van der Waals surface area (Å²) in [6.45, 7) is 1.90. The van der Waals surface area contributed by atoms with Crippen molar-refractivity contribution >= 4 is 6.08 Å². The fourth-order valence-corrected chi connectivity index (χ4v) is 4.11. The number of rotatable bonds is 5. The Kier molecular flexibility index (Phi) is 5.05. The van der Waals surface area contributed by atoms with Crippen LogP contribution in [0.5, 0.6) is 5.75 Å². The molecule has 1 aliphatic carbocycles. The first-order valence-corrected chi connectivity index (χ1v) is 8.45. The van der Waals surface area contributed by atoms with E-state index in [1.165, 1.54) is 0 Å². The molecule has 2 fully saturated rings. The van der Waals surface area contributed by atoms with Crippen molar-refractivity contribution < 1.29 is 14.6 Å². The van der Waals surface area contributed by atoms with Gasteiger partial charge in [0.1, 0.15) is 5.75 Å². The largest absolute Gasteiger partial charge is 0.496 e. The van der Waals surface area contributed by atoms with Gasteiger partial charge in [-0.2, -0.15) is 0 Å². The Labute approximate surface area is 138 Å². The van der Waals surface area contributed by atoms with E-state index in [2.05, 4.69) is 23.1 Å². The number of fused-ring (bicyclic) bond motifs is 1. The summed E-state index contributed by atoms with van der Waals surface area (Å²) in [4.78, 5) is 2.44. The number of aliphatic hydroxyl groups excluding tert-OH is 1. The topological polar surface area (TPSA) is 41.9 Å². The maximum Gasteiger partial charge on any atom is 0.126 e. The molecule has 1 aromatic carbocycles. The zero-order valence-corrected chi connectivity index (χ0v) is 14.1. The molecule has 1 N–H and O–H groups in total. The molecule has 1 saturated carbocycles. The van der Waals surface area contributed by atoms with Crippen LogP contribution in [-0.4, -0.2) is 55.1 Å². The smallest absolute Gasteiger partial charge is 0.126 e. The molecule has 0 unspecified atom stereocenters. The second kappa shape index (κ2) is 7.04. The van der Waals surface area contributed by atoms with E-state index in [1.807, 2.05) is 25.3 Å². The SMILES string of the molecule is COc1ccccc1C=CCN1CC[C@]2(OC)CC[C@@H](O)C[C@H]12. The second-order valence-electron chi connectivity index (χ2n) is 6.60. The summed E-state index contributed by atoms with van der Waals surface area (Å²) in [5.41, 5.74) is 1.04. The Morgan fingerprint density at radius 2 is 2.13 bits per heavy atom. The number of ether oxygens (including phenoxy) is 2. The monoisotopic (exact) mass is 317 g/mol. The third kappa shape index (κ3) is 3.30. The van der Waals surface area contributed by atoms with Crippen LogP contribution in [-0.2, 0) is 4.74 Å². The van der Waals surface area contributed by atoms with E-state index in [0.717, 1.165) is 50.1 Å². The minimum absolute atomic E-state index is 0.0580. The first kappa shape index (κ1) is 16.5. The predicted octanol–water partition coefficient (Wildman–Crippen LogP) is 2.71. The molecule has 23 heavy (non-hydrogen) atoms. The van der Waals surface area contributed by atoms with E-state index >= 15 is 0 Å². The summed E-state index contributed by atoms with van der Waals surface area (Å²) in [7, 11) is 3.52. The summed E-state index contributed by atoms with van der Waals surface area (Å²) in [6, 6.07) is 8.35. The van der Waals surface area contributed by atoms with Crippen molar-refractivity contribution in [1.29, 1.82) is 0 Å². The molecule has 1 aromatic rings. The molecule has 0 aromatic heterocycles. The van der Waals surface area contributed by atoms with Crippen molar-refractivity contribution in [1.82, 2.24) is 4.90 Å². The third-order valence-corrected chi connectivity index (χ3v) is 5.45. The molecule has 1 saturated heterocycles. The van der Waals surface area contributed by atoms with Gasteiger partial charge in [0.15, 0.2) is 0 Å². The minimum atomic E-state index is -0.193. The lowest BCUT2D eigenvalue weighted by molar-refractivity contribution is -0.0854. The van der Waals surface area contributed by atoms with E-state index in [0.29, 0.717) is 6.04 Å². The zero-order chi connectivity index (χ0) is 16.3. The van der Waals surface area contributed by atoms with Gasteiger partial charge in [-0.1, -0.05) is 30.4 Å². The highest BCUT2D eigenvalue weighted by atomic mass is 16.5. The Hall–Kier alpha value is -1.36. The van der Waals surface area contributed by atoms with E-state index in [4.69, 9.17) is 9.47 Å². The highest BCUT2D eigenvalue weighted by molar-refractivity contribution is 5.57. The van der Waals surface area contributed by atoms with Gasteiger partial charge >= 0.3 is 0 Å². The van der Waals surface area contributed by atoms with E-state index in [1.54, 1.807) is 7.11 Å². The lowest BCUT2D eigenvalue weighted by atomic mass is 9.79. The normalized spacial score (nSPS) is 31.4. The molecular weight excluding hydrogens is 290 g/mol. The van der Waals surface area contributed by atoms with Gasteiger partial charge in [-0.05, 0) is 31.7 Å². The van der Waals surface area contributed by atoms with Gasteiger partial charge in [-0.25, -0.2) is 0 Å². The summed E-state index contributed by atoms with van der Waals surface area (Å²) in [5.74, 6) is 0.893. The number of aliphatic hydroxyl groups is 1. The quantitative estimate of drug-likeness (QED) is 0.907. The maximum atomic E-state index is 10.0. The molecule has 1 aliphatic heterocycles. The number of nitrogens with zero attached hydrogens (tertiary/aromatic N) is 1. The van der Waals surface area contributed by atoms with Crippen LogP contribution in [0.25, 0.3) is 6.08 Å². The van der Waals surface area contributed by atoms with Crippen LogP contribution in [0.3, 0.4) is 0 Å². The molecule has 1 heterocycles. The molecule has 4 nitrogen and oxygen atoms in total. The van der Waals surface area contributed by atoms with E-state index in [-0.39, 0.29) is 11.7 Å². The van der Waals surface area contributed by atoms with Crippen LogP contribution in [0.15, 0.2) is 30.3 Å². The van der Waals surface area contributed by atoms with E-state index < -0.39 is 0 Å². The summed E-state index contributed by atoms with van der Waals surface area (Å²) >= 11 is 0. The first-order chi connectivity index (χ1) is 11.2. The number of methoxy groups -OCH3 is 2. The van der Waals surface area contributed by atoms with Gasteiger partial charge in [0, 0.05) is 31.8 Å². The third-order valence-electron chi connectivity index (χ3n) is 5.45. The lowest BCUT2D eigenvalue weighted by Gasteiger charge is -2.42. The van der Waals surface area contributed by atoms with Gasteiger partial charge in [0.25, 0.3) is 0 Å². The summed E-state index contributed by atoms with van der Waals surface area (Å²) in [5, 5.41) is 10.0. The average molecular weight is 317 g/mol. The van der Waals surface area contributed by atoms with Crippen molar-refractivity contribution in [2.45, 2.75) is 43.4 Å². The van der Waals surface area contributed by atoms with Crippen molar-refractivity contribution in [3.8, 4) is 5.75 Å². The summed E-state index contributed by atoms with van der Waals surface area (Å²) in [6.07, 6.45) is 7.80. The van der Waals surface area contributed by atoms with Crippen LogP contribution in [0.1, 0.15) is 31.2 Å². The van der Waals surface area contributed by atoms with Gasteiger partial charge in [0.05, 0.1) is 18.8 Å². The molecule has 0 spiro atoms. The molecule has 0 bridgehead atoms. The standard InChI is InChI=1S/C19H27NO3/c1-22-17-8-4-3-6-15(17)7-5-12-20-13-11-19(23-2)10-9-16(21)14-18(19)20/h3-8,16,18,21H,9-14H2,1-2H3/t16-,18+,19-/m1/s1. The highest BCUT2D eigenvalue weighted by Gasteiger charge is 2.50. The number of likely N-dealkylation sites (tertiary alicyclic amines) is 1. The van der Waals surface area contributed by atoms with Crippen LogP contribution < -0.4 is 4.74 Å². The fraction of sp³-hybridized carbons (Fsp3) is 0.579. The van der Waals surface area contributed by atoms with Gasteiger partial charge in [-0.3, -0.25) is 4.90 Å². The highest BCUT2D eigenvalue weighted by Crippen LogP contribution is 2.42. The Balaban J connectivity index is 1.67. The lowest BCUT2D eigenvalue weighted by Crippen LogP contribution is -2.51. The Bertz CT molecular complexity index is 559. The van der Waals surface area contributed by atoms with Crippen molar-refractivity contribution in [2.24, 2.45) is 0 Å². The van der Waals surface area contributed by atoms with Gasteiger partial charge < -0.3 is 14.6 Å². The van der Waals surface area contributed by atoms with Crippen LogP contribution >= 0.6 is 0 Å². The number of benzene rings is 1. The van der Waals surface area contributed by atoms with Gasteiger partial charge in [-0.15, -0.1) is 0 Å². The number of hydrogen-bond acceptors (Lipinski definition) is 4. The Morgan fingerprint density at radius 1 is 1.30 bits per heavy atom. The molecule has 3 rings (SSSR count). The molecule has 4 heteroatoms. The van der Waals surface area contributed by atoms with Crippen molar-refractivity contribution in [3.63, 3.8) is 0 Å². The first-order valence-electron chi connectivity index (χ1n) is 8.45. The molecule has 3 atom stereocenters. The van der Waals surface area contributed by atoms with E-state index in [9.17, 15) is 5.11 Å². The second-order valence-corrected chi connectivity index (χ2v) is 6.60. The molecule has 0 amide bonds. The average Bonchev–Trinajstić information content (AvgIpc) is 2.94. The molecule has 2 aliphatic rings.